The quantitative estimate of drug-likeness (QED) is 0.169. The Morgan fingerprint density at radius 2 is 2.03 bits per heavy atom. The van der Waals surface area contributed by atoms with Gasteiger partial charge in [-0.15, -0.1) is 12.6 Å². The number of thiol groups is 1. The predicted molar refractivity (Wildman–Crippen MR) is 124 cm³/mol. The van der Waals surface area contributed by atoms with Gasteiger partial charge in [0.2, 0.25) is 0 Å². The van der Waals surface area contributed by atoms with Gasteiger partial charge in [0.1, 0.15) is 5.69 Å². The highest BCUT2D eigenvalue weighted by molar-refractivity contribution is 7.80. The minimum atomic E-state index is -0.355. The van der Waals surface area contributed by atoms with Crippen LogP contribution in [0.5, 0.6) is 0 Å². The number of aromatic nitrogens is 3. The molecule has 2 heterocycles. The summed E-state index contributed by atoms with van der Waals surface area (Å²) in [5.74, 6) is 5.68. The number of amides is 1. The van der Waals surface area contributed by atoms with Crippen LogP contribution in [0, 0.1) is 0 Å². The molecule has 0 aliphatic heterocycles. The first-order chi connectivity index (χ1) is 14.8. The van der Waals surface area contributed by atoms with Crippen LogP contribution in [0.4, 0.5) is 0 Å². The Bertz CT molecular complexity index is 1150. The van der Waals surface area contributed by atoms with Gasteiger partial charge in [0.15, 0.2) is 0 Å². The van der Waals surface area contributed by atoms with Crippen molar-refractivity contribution in [1.82, 2.24) is 25.5 Å². The summed E-state index contributed by atoms with van der Waals surface area (Å²) in [4.78, 5) is 17.7. The third kappa shape index (κ3) is 5.84. The smallest absolute Gasteiger partial charge is 0.274 e. The molecule has 6 N–H and O–H groups in total. The van der Waals surface area contributed by atoms with E-state index >= 15 is 0 Å². The lowest BCUT2D eigenvalue weighted by Gasteiger charge is -2.16. The molecule has 0 unspecified atom stereocenters. The van der Waals surface area contributed by atoms with Gasteiger partial charge < -0.3 is 11.1 Å². The molecule has 0 aliphatic rings. The van der Waals surface area contributed by atoms with Crippen LogP contribution in [-0.2, 0) is 0 Å². The van der Waals surface area contributed by atoms with Crippen LogP contribution in [0.2, 0.25) is 0 Å². The molecule has 0 saturated carbocycles. The van der Waals surface area contributed by atoms with Crippen LogP contribution < -0.4 is 16.9 Å². The van der Waals surface area contributed by atoms with Crippen molar-refractivity contribution in [2.24, 2.45) is 11.6 Å². The monoisotopic (exact) mass is 433 g/mol. The molecule has 0 atom stereocenters. The van der Waals surface area contributed by atoms with Gasteiger partial charge in [-0.2, -0.15) is 5.10 Å². The average Bonchev–Trinajstić information content (AvgIpc) is 3.28. The fourth-order valence-corrected chi connectivity index (χ4v) is 2.93. The van der Waals surface area contributed by atoms with Crippen molar-refractivity contribution >= 4 is 24.2 Å². The number of carbonyl (C=O) groups is 1. The van der Waals surface area contributed by atoms with Crippen molar-refractivity contribution in [1.29, 1.82) is 0 Å². The van der Waals surface area contributed by atoms with Gasteiger partial charge in [0.25, 0.3) is 5.91 Å². The average molecular weight is 434 g/mol. The molecule has 3 aromatic rings. The van der Waals surface area contributed by atoms with E-state index in [1.165, 1.54) is 5.01 Å². The van der Waals surface area contributed by atoms with Crippen molar-refractivity contribution < 1.29 is 4.79 Å². The van der Waals surface area contributed by atoms with E-state index in [4.69, 9.17) is 11.6 Å². The second kappa shape index (κ2) is 9.79. The number of benzene rings is 1. The molecule has 0 spiro atoms. The summed E-state index contributed by atoms with van der Waals surface area (Å²) in [6.45, 7) is 5.65. The molecule has 0 bridgehead atoms. The van der Waals surface area contributed by atoms with E-state index in [0.717, 1.165) is 16.2 Å². The normalized spacial score (nSPS) is 11.8. The third-order valence-corrected chi connectivity index (χ3v) is 4.52. The first kappa shape index (κ1) is 21.9. The van der Waals surface area contributed by atoms with Crippen LogP contribution in [0.1, 0.15) is 23.0 Å². The van der Waals surface area contributed by atoms with Crippen molar-refractivity contribution in [2.45, 2.75) is 11.8 Å². The van der Waals surface area contributed by atoms with Gasteiger partial charge in [-0.25, -0.2) is 10.8 Å². The zero-order valence-corrected chi connectivity index (χ0v) is 17.8. The molecule has 0 saturated heterocycles. The van der Waals surface area contributed by atoms with E-state index in [0.29, 0.717) is 22.8 Å². The fourth-order valence-electron chi connectivity index (χ4n) is 2.71. The molecule has 158 valence electrons. The predicted octanol–water partition coefficient (Wildman–Crippen LogP) is 3.04. The summed E-state index contributed by atoms with van der Waals surface area (Å²) in [6.07, 6.45) is 4.80. The Morgan fingerprint density at radius 1 is 1.26 bits per heavy atom. The molecule has 9 heteroatoms. The second-order valence-corrected chi connectivity index (χ2v) is 7.21. The maximum absolute atomic E-state index is 12.6. The van der Waals surface area contributed by atoms with Gasteiger partial charge in [-0.05, 0) is 43.3 Å². The lowest BCUT2D eigenvalue weighted by molar-refractivity contribution is 0.0961. The number of nitrogens with zero attached hydrogens (tertiary/aromatic N) is 3. The zero-order chi connectivity index (χ0) is 22.4. The number of carbonyl (C=O) groups excluding carboxylic acids is 1. The van der Waals surface area contributed by atoms with Gasteiger partial charge in [-0.3, -0.25) is 14.9 Å². The number of hydrazine groups is 1. The number of H-pyrrole nitrogens is 1. The van der Waals surface area contributed by atoms with Crippen molar-refractivity contribution in [3.63, 3.8) is 0 Å². The summed E-state index contributed by atoms with van der Waals surface area (Å²) in [7, 11) is 0. The lowest BCUT2D eigenvalue weighted by Crippen LogP contribution is -2.26. The highest BCUT2D eigenvalue weighted by Crippen LogP contribution is 2.16. The summed E-state index contributed by atoms with van der Waals surface area (Å²) in [5.41, 5.74) is 9.93. The molecular formula is C22H23N7OS. The summed E-state index contributed by atoms with van der Waals surface area (Å²) in [5, 5.41) is 10.8. The highest BCUT2D eigenvalue weighted by atomic mass is 32.1. The van der Waals surface area contributed by atoms with Gasteiger partial charge >= 0.3 is 0 Å². The van der Waals surface area contributed by atoms with E-state index in [-0.39, 0.29) is 11.6 Å². The zero-order valence-electron chi connectivity index (χ0n) is 16.9. The van der Waals surface area contributed by atoms with Crippen LogP contribution in [0.25, 0.3) is 17.1 Å². The lowest BCUT2D eigenvalue weighted by atomic mass is 10.2. The number of allylic oxidation sites excluding steroid dienone is 2. The number of nitrogens with one attached hydrogen (secondary N) is 2. The number of aromatic amines is 1. The number of nitrogens with two attached hydrogens (primary N) is 2. The molecule has 3 rings (SSSR count). The summed E-state index contributed by atoms with van der Waals surface area (Å²) >= 11 is 4.31. The first-order valence-electron chi connectivity index (χ1n) is 9.29. The third-order valence-electron chi connectivity index (χ3n) is 4.24. The Balaban J connectivity index is 1.67. The van der Waals surface area contributed by atoms with E-state index in [2.05, 4.69) is 39.7 Å². The van der Waals surface area contributed by atoms with Crippen molar-refractivity contribution in [2.75, 3.05) is 0 Å². The largest absolute Gasteiger partial charge is 0.397 e. The topological polar surface area (TPSA) is 126 Å². The Morgan fingerprint density at radius 3 is 2.74 bits per heavy atom. The number of rotatable bonds is 7. The number of hydrogen-bond donors (Lipinski definition) is 5. The fraction of sp³-hybridized carbons (Fsp3) is 0.0455. The van der Waals surface area contributed by atoms with Gasteiger partial charge in [-0.1, -0.05) is 24.8 Å². The SMILES string of the molecule is C=C(/C=C(\C)NC(=O)c1cccc(-c2ccn[nH]2)n1)N(N)/C=C(\N)c1cccc(S)c1. The Hall–Kier alpha value is -3.82. The Labute approximate surface area is 185 Å². The van der Waals surface area contributed by atoms with E-state index in [9.17, 15) is 4.79 Å². The summed E-state index contributed by atoms with van der Waals surface area (Å²) < 4.78 is 0. The second-order valence-electron chi connectivity index (χ2n) is 6.69. The molecule has 8 nitrogen and oxygen atoms in total. The van der Waals surface area contributed by atoms with Crippen LogP contribution in [0.3, 0.4) is 0 Å². The molecule has 2 aromatic heterocycles. The van der Waals surface area contributed by atoms with Crippen LogP contribution in [0.15, 0.2) is 89.9 Å². The molecule has 1 aromatic carbocycles. The molecule has 0 aliphatic carbocycles. The maximum atomic E-state index is 12.6. The van der Waals surface area contributed by atoms with Gasteiger partial charge in [0, 0.05) is 28.6 Å². The van der Waals surface area contributed by atoms with Gasteiger partial charge in [0.05, 0.1) is 22.8 Å². The van der Waals surface area contributed by atoms with E-state index in [1.54, 1.807) is 49.7 Å². The van der Waals surface area contributed by atoms with E-state index < -0.39 is 0 Å². The molecule has 31 heavy (non-hydrogen) atoms. The van der Waals surface area contributed by atoms with Crippen LogP contribution >= 0.6 is 12.6 Å². The maximum Gasteiger partial charge on any atom is 0.274 e. The summed E-state index contributed by atoms with van der Waals surface area (Å²) in [6, 6.07) is 14.3. The molecule has 1 amide bonds. The molecule has 0 radical (unpaired) electrons. The van der Waals surface area contributed by atoms with Crippen molar-refractivity contribution in [3.05, 3.63) is 96.2 Å². The van der Waals surface area contributed by atoms with Crippen LogP contribution in [-0.4, -0.2) is 26.1 Å². The van der Waals surface area contributed by atoms with Crippen molar-refractivity contribution in [3.8, 4) is 11.4 Å². The van der Waals surface area contributed by atoms with E-state index in [1.807, 2.05) is 24.3 Å². The first-order valence-corrected chi connectivity index (χ1v) is 9.74. The minimum absolute atomic E-state index is 0.269. The highest BCUT2D eigenvalue weighted by Gasteiger charge is 2.10. The minimum Gasteiger partial charge on any atom is -0.397 e. The standard InChI is InChI=1S/C22H23N7OS/c1-14(11-15(2)29(24)13-18(23)16-5-3-6-17(31)12-16)26-22(30)21-8-4-7-19(27-21)20-9-10-25-28-20/h3-13,31H,2,23-24H2,1H3,(H,25,28)(H,26,30)/b14-11+,18-13-. The number of pyridine rings is 1. The Kier molecular flexibility index (Phi) is 6.91. The number of hydrogen-bond acceptors (Lipinski definition) is 7. The molecule has 0 fully saturated rings. The molecular weight excluding hydrogens is 410 g/mol.